The lowest BCUT2D eigenvalue weighted by molar-refractivity contribution is -0.0872. The Morgan fingerprint density at radius 2 is 1.49 bits per heavy atom. The van der Waals surface area contributed by atoms with Crippen molar-refractivity contribution in [2.75, 3.05) is 11.2 Å². The molecule has 0 fully saturated rings. The maximum atomic E-state index is 6.96. The van der Waals surface area contributed by atoms with Gasteiger partial charge >= 0.3 is 0 Å². The summed E-state index contributed by atoms with van der Waals surface area (Å²) in [6, 6.07) is 36.2. The molecule has 2 aliphatic rings. The average Bonchev–Trinajstić information content (AvgIpc) is 3.08. The van der Waals surface area contributed by atoms with Crippen LogP contribution in [0.5, 0.6) is 5.88 Å². The molecule has 0 radical (unpaired) electrons. The number of hydrogen-bond acceptors (Lipinski definition) is 6. The quantitative estimate of drug-likeness (QED) is 0.115. The molecular weight excluding hydrogens is 642 g/mol. The summed E-state index contributed by atoms with van der Waals surface area (Å²) in [7, 11) is 0. The van der Waals surface area contributed by atoms with Gasteiger partial charge in [0.05, 0.1) is 23.6 Å². The van der Waals surface area contributed by atoms with Crippen LogP contribution in [0.3, 0.4) is 0 Å². The minimum absolute atomic E-state index is 0.419. The molecule has 0 amide bonds. The highest BCUT2D eigenvalue weighted by Gasteiger charge is 2.44. The van der Waals surface area contributed by atoms with Gasteiger partial charge in [0, 0.05) is 29.5 Å². The molecule has 0 saturated carbocycles. The standard InChI is InChI=1S/C38H36BrN3O2S/c1-45-37-40-32-22-38(44-26-31(32)36(41-37)43-25-29-16-9-4-10-17-29)21-11-18-30-19-20-33(35(39)34(30)38)42(23-27-12-5-2-6-13-27)24-28-14-7-3-8-15-28/h2-10,12-17,19-20H,11,18,21-26H2,1H3. The number of thioether (sulfide) groups is 1. The second-order valence-corrected chi connectivity index (χ2v) is 13.4. The van der Waals surface area contributed by atoms with Crippen LogP contribution in [-0.4, -0.2) is 16.2 Å². The summed E-state index contributed by atoms with van der Waals surface area (Å²) < 4.78 is 14.4. The molecule has 2 heterocycles. The minimum Gasteiger partial charge on any atom is -0.472 e. The first-order valence-corrected chi connectivity index (χ1v) is 17.5. The van der Waals surface area contributed by atoms with E-state index in [-0.39, 0.29) is 0 Å². The fourth-order valence-corrected chi connectivity index (χ4v) is 8.01. The van der Waals surface area contributed by atoms with Crippen LogP contribution in [0.4, 0.5) is 5.69 Å². The van der Waals surface area contributed by atoms with Gasteiger partial charge in [-0.05, 0) is 69.8 Å². The van der Waals surface area contributed by atoms with E-state index >= 15 is 0 Å². The number of hydrogen-bond donors (Lipinski definition) is 0. The number of rotatable bonds is 9. The van der Waals surface area contributed by atoms with E-state index in [0.717, 1.165) is 58.8 Å². The van der Waals surface area contributed by atoms with Crippen molar-refractivity contribution in [2.24, 2.45) is 0 Å². The fraction of sp³-hybridized carbons (Fsp3) is 0.263. The Labute approximate surface area is 278 Å². The maximum Gasteiger partial charge on any atom is 0.223 e. The van der Waals surface area contributed by atoms with Gasteiger partial charge in [-0.15, -0.1) is 0 Å². The number of anilines is 1. The first kappa shape index (κ1) is 30.0. The van der Waals surface area contributed by atoms with Gasteiger partial charge in [0.2, 0.25) is 5.88 Å². The smallest absolute Gasteiger partial charge is 0.223 e. The first-order valence-electron chi connectivity index (χ1n) is 15.5. The molecular formula is C38H36BrN3O2S. The highest BCUT2D eigenvalue weighted by atomic mass is 79.9. The van der Waals surface area contributed by atoms with Gasteiger partial charge in [-0.25, -0.2) is 4.98 Å². The summed E-state index contributed by atoms with van der Waals surface area (Å²) in [6.07, 6.45) is 5.76. The van der Waals surface area contributed by atoms with Crippen molar-refractivity contribution < 1.29 is 9.47 Å². The van der Waals surface area contributed by atoms with E-state index in [1.807, 2.05) is 24.5 Å². The molecule has 1 atom stereocenters. The van der Waals surface area contributed by atoms with Crippen molar-refractivity contribution in [1.82, 2.24) is 9.97 Å². The number of aryl methyl sites for hydroxylation is 1. The molecule has 1 spiro atoms. The van der Waals surface area contributed by atoms with Crippen LogP contribution in [0.25, 0.3) is 0 Å². The zero-order chi connectivity index (χ0) is 30.6. The molecule has 1 aliphatic carbocycles. The summed E-state index contributed by atoms with van der Waals surface area (Å²) >= 11 is 5.71. The first-order chi connectivity index (χ1) is 22.1. The summed E-state index contributed by atoms with van der Waals surface area (Å²) in [5.41, 5.74) is 8.97. The van der Waals surface area contributed by atoms with Crippen LogP contribution in [0.15, 0.2) is 113 Å². The molecule has 7 heteroatoms. The van der Waals surface area contributed by atoms with Gasteiger partial charge in [0.25, 0.3) is 0 Å². The SMILES string of the molecule is CSc1nc2c(c(OCc3ccccc3)n1)COC1(CCCc3ccc(N(Cc4ccccc4)Cc4ccccc4)c(Br)c31)C2. The van der Waals surface area contributed by atoms with Crippen molar-refractivity contribution in [3.05, 3.63) is 147 Å². The highest BCUT2D eigenvalue weighted by molar-refractivity contribution is 9.10. The van der Waals surface area contributed by atoms with Crippen LogP contribution in [-0.2, 0) is 49.5 Å². The van der Waals surface area contributed by atoms with E-state index in [4.69, 9.17) is 19.4 Å². The van der Waals surface area contributed by atoms with E-state index in [9.17, 15) is 0 Å². The van der Waals surface area contributed by atoms with Crippen molar-refractivity contribution in [3.63, 3.8) is 0 Å². The van der Waals surface area contributed by atoms with Gasteiger partial charge in [0.1, 0.15) is 12.2 Å². The second-order valence-electron chi connectivity index (χ2n) is 11.8. The molecule has 5 nitrogen and oxygen atoms in total. The molecule has 1 unspecified atom stereocenters. The molecule has 1 aliphatic heterocycles. The van der Waals surface area contributed by atoms with Crippen molar-refractivity contribution in [1.29, 1.82) is 0 Å². The normalized spacial score (nSPS) is 17.0. The topological polar surface area (TPSA) is 47.5 Å². The lowest BCUT2D eigenvalue weighted by Gasteiger charge is -2.43. The van der Waals surface area contributed by atoms with Crippen molar-refractivity contribution in [3.8, 4) is 5.88 Å². The molecule has 0 N–H and O–H groups in total. The van der Waals surface area contributed by atoms with E-state index < -0.39 is 5.60 Å². The maximum absolute atomic E-state index is 6.96. The summed E-state index contributed by atoms with van der Waals surface area (Å²) in [5, 5.41) is 0.731. The van der Waals surface area contributed by atoms with E-state index in [2.05, 4.69) is 106 Å². The summed E-state index contributed by atoms with van der Waals surface area (Å²) in [5.74, 6) is 0.629. The number of halogens is 1. The fourth-order valence-electron chi connectivity index (χ4n) is 6.64. The van der Waals surface area contributed by atoms with E-state index in [1.54, 1.807) is 11.8 Å². The predicted octanol–water partition coefficient (Wildman–Crippen LogP) is 9.05. The number of aromatic nitrogens is 2. The number of nitrogens with zero attached hydrogens (tertiary/aromatic N) is 3. The van der Waals surface area contributed by atoms with Crippen LogP contribution in [0.2, 0.25) is 0 Å². The van der Waals surface area contributed by atoms with E-state index in [1.165, 1.54) is 27.9 Å². The largest absolute Gasteiger partial charge is 0.472 e. The van der Waals surface area contributed by atoms with E-state index in [0.29, 0.717) is 25.5 Å². The van der Waals surface area contributed by atoms with Gasteiger partial charge in [-0.1, -0.05) is 109 Å². The minimum atomic E-state index is -0.471. The number of ether oxygens (including phenoxy) is 2. The van der Waals surface area contributed by atoms with Crippen molar-refractivity contribution in [2.45, 2.75) is 62.7 Å². The highest BCUT2D eigenvalue weighted by Crippen LogP contribution is 2.50. The van der Waals surface area contributed by atoms with Gasteiger partial charge in [0.15, 0.2) is 5.16 Å². The molecule has 45 heavy (non-hydrogen) atoms. The summed E-state index contributed by atoms with van der Waals surface area (Å²) in [6.45, 7) is 2.48. The third-order valence-corrected chi connectivity index (χ3v) is 10.2. The molecule has 5 aromatic rings. The van der Waals surface area contributed by atoms with Crippen molar-refractivity contribution >= 4 is 33.4 Å². The Morgan fingerprint density at radius 3 is 2.13 bits per heavy atom. The molecule has 0 saturated heterocycles. The van der Waals surface area contributed by atoms with Crippen LogP contribution in [0.1, 0.15) is 51.9 Å². The predicted molar refractivity (Wildman–Crippen MR) is 185 cm³/mol. The molecule has 228 valence electrons. The zero-order valence-electron chi connectivity index (χ0n) is 25.4. The molecule has 1 aromatic heterocycles. The van der Waals surface area contributed by atoms with Gasteiger partial charge in [-0.2, -0.15) is 4.98 Å². The molecule has 4 aromatic carbocycles. The number of benzene rings is 4. The lowest BCUT2D eigenvalue weighted by Crippen LogP contribution is -2.40. The Bertz CT molecular complexity index is 1730. The Morgan fingerprint density at radius 1 is 0.844 bits per heavy atom. The van der Waals surface area contributed by atoms with Gasteiger partial charge < -0.3 is 14.4 Å². The lowest BCUT2D eigenvalue weighted by atomic mass is 9.74. The Balaban J connectivity index is 1.25. The van der Waals surface area contributed by atoms with Crippen LogP contribution < -0.4 is 9.64 Å². The van der Waals surface area contributed by atoms with Gasteiger partial charge in [-0.3, -0.25) is 0 Å². The zero-order valence-corrected chi connectivity index (χ0v) is 27.8. The monoisotopic (exact) mass is 677 g/mol. The Hall–Kier alpha value is -3.65. The second kappa shape index (κ2) is 13.4. The van der Waals surface area contributed by atoms with Crippen LogP contribution >= 0.6 is 27.7 Å². The molecule has 7 rings (SSSR count). The average molecular weight is 679 g/mol. The third kappa shape index (κ3) is 6.39. The molecule has 0 bridgehead atoms. The summed E-state index contributed by atoms with van der Waals surface area (Å²) in [4.78, 5) is 12.3. The number of fused-ring (bicyclic) bond motifs is 3. The van der Waals surface area contributed by atoms with Crippen LogP contribution in [0, 0.1) is 0 Å². The third-order valence-electron chi connectivity index (χ3n) is 8.84. The Kier molecular flexibility index (Phi) is 8.92.